The number of rotatable bonds is 2. The van der Waals surface area contributed by atoms with Gasteiger partial charge in [-0.05, 0) is 49.3 Å². The van der Waals surface area contributed by atoms with Crippen LogP contribution in [0.5, 0.6) is 0 Å². The van der Waals surface area contributed by atoms with E-state index < -0.39 is 0 Å². The van der Waals surface area contributed by atoms with Crippen LogP contribution < -0.4 is 0 Å². The van der Waals surface area contributed by atoms with Gasteiger partial charge < -0.3 is 0 Å². The van der Waals surface area contributed by atoms with E-state index in [0.29, 0.717) is 0 Å². The Labute approximate surface area is 78.6 Å². The summed E-state index contributed by atoms with van der Waals surface area (Å²) < 4.78 is 0. The molecule has 0 atom stereocenters. The highest BCUT2D eigenvalue weighted by molar-refractivity contribution is 6.31. The maximum atomic E-state index is 6.02. The van der Waals surface area contributed by atoms with Crippen molar-refractivity contribution in [2.75, 3.05) is 0 Å². The van der Waals surface area contributed by atoms with Gasteiger partial charge in [-0.2, -0.15) is 0 Å². The Kier molecular flexibility index (Phi) is 2.10. The summed E-state index contributed by atoms with van der Waals surface area (Å²) in [6.45, 7) is 2.11. The minimum absolute atomic E-state index is 0.910. The molecule has 0 saturated heterocycles. The molecule has 1 aromatic carbocycles. The highest BCUT2D eigenvalue weighted by Crippen LogP contribution is 2.34. The predicted octanol–water partition coefficient (Wildman–Crippen LogP) is 3.60. The molecule has 0 spiro atoms. The minimum atomic E-state index is 0.910. The second-order valence-corrected chi connectivity index (χ2v) is 4.08. The molecule has 1 saturated carbocycles. The van der Waals surface area contributed by atoms with Gasteiger partial charge in [-0.3, -0.25) is 0 Å². The Morgan fingerprint density at radius 3 is 2.83 bits per heavy atom. The lowest BCUT2D eigenvalue weighted by Gasteiger charge is -2.05. The third kappa shape index (κ3) is 1.64. The van der Waals surface area contributed by atoms with E-state index in [2.05, 4.69) is 13.0 Å². The summed E-state index contributed by atoms with van der Waals surface area (Å²) in [7, 11) is 0. The number of hydrogen-bond donors (Lipinski definition) is 0. The Bertz CT molecular complexity index is 287. The third-order valence-electron chi connectivity index (χ3n) is 2.59. The van der Waals surface area contributed by atoms with Gasteiger partial charge in [0.05, 0.1) is 0 Å². The monoisotopic (exact) mass is 180 g/mol. The first-order chi connectivity index (χ1) is 5.77. The first-order valence-corrected chi connectivity index (χ1v) is 4.89. The van der Waals surface area contributed by atoms with Gasteiger partial charge in [0.2, 0.25) is 0 Å². The SMILES string of the molecule is Cc1c(Cl)cccc1CC1CC1. The Morgan fingerprint density at radius 2 is 2.17 bits per heavy atom. The molecule has 0 nitrogen and oxygen atoms in total. The third-order valence-corrected chi connectivity index (χ3v) is 2.99. The minimum Gasteiger partial charge on any atom is -0.0840 e. The molecule has 0 aliphatic heterocycles. The molecule has 1 aliphatic rings. The molecule has 0 radical (unpaired) electrons. The van der Waals surface area contributed by atoms with Crippen LogP contribution in [-0.4, -0.2) is 0 Å². The summed E-state index contributed by atoms with van der Waals surface area (Å²) in [6, 6.07) is 6.21. The molecule has 0 aromatic heterocycles. The molecule has 1 aliphatic carbocycles. The molecule has 0 amide bonds. The van der Waals surface area contributed by atoms with E-state index in [9.17, 15) is 0 Å². The van der Waals surface area contributed by atoms with Crippen molar-refractivity contribution in [1.82, 2.24) is 0 Å². The number of hydrogen-bond acceptors (Lipinski definition) is 0. The summed E-state index contributed by atoms with van der Waals surface area (Å²) >= 11 is 6.02. The summed E-state index contributed by atoms with van der Waals surface area (Å²) in [5.41, 5.74) is 2.70. The van der Waals surface area contributed by atoms with E-state index in [1.165, 1.54) is 30.4 Å². The van der Waals surface area contributed by atoms with E-state index in [-0.39, 0.29) is 0 Å². The topological polar surface area (TPSA) is 0 Å². The van der Waals surface area contributed by atoms with Gasteiger partial charge in [0.1, 0.15) is 0 Å². The van der Waals surface area contributed by atoms with Crippen molar-refractivity contribution >= 4 is 11.6 Å². The maximum Gasteiger partial charge on any atom is 0.0437 e. The second-order valence-electron chi connectivity index (χ2n) is 3.67. The number of halogens is 1. The van der Waals surface area contributed by atoms with Gasteiger partial charge in [-0.25, -0.2) is 0 Å². The predicted molar refractivity (Wildman–Crippen MR) is 52.6 cm³/mol. The van der Waals surface area contributed by atoms with Crippen molar-refractivity contribution in [3.8, 4) is 0 Å². The summed E-state index contributed by atoms with van der Waals surface area (Å²) in [5.74, 6) is 0.946. The zero-order valence-corrected chi connectivity index (χ0v) is 8.06. The Morgan fingerprint density at radius 1 is 1.42 bits per heavy atom. The maximum absolute atomic E-state index is 6.02. The average Bonchev–Trinajstić information content (AvgIpc) is 2.83. The van der Waals surface area contributed by atoms with Crippen molar-refractivity contribution in [3.05, 3.63) is 34.3 Å². The zero-order chi connectivity index (χ0) is 8.55. The fraction of sp³-hybridized carbons (Fsp3) is 0.455. The standard InChI is InChI=1S/C11H13Cl/c1-8-10(7-9-5-6-9)3-2-4-11(8)12/h2-4,9H,5-7H2,1H3. The van der Waals surface area contributed by atoms with E-state index in [1.807, 2.05) is 12.1 Å². The van der Waals surface area contributed by atoms with Crippen LogP contribution in [0.25, 0.3) is 0 Å². The van der Waals surface area contributed by atoms with E-state index in [0.717, 1.165) is 10.9 Å². The average molecular weight is 181 g/mol. The van der Waals surface area contributed by atoms with Crippen LogP contribution in [0.3, 0.4) is 0 Å². The molecule has 0 unspecified atom stereocenters. The van der Waals surface area contributed by atoms with E-state index in [4.69, 9.17) is 11.6 Å². The normalized spacial score (nSPS) is 16.5. The smallest absolute Gasteiger partial charge is 0.0437 e. The molecule has 0 bridgehead atoms. The van der Waals surface area contributed by atoms with Crippen molar-refractivity contribution in [3.63, 3.8) is 0 Å². The summed E-state index contributed by atoms with van der Waals surface area (Å²) in [4.78, 5) is 0. The lowest BCUT2D eigenvalue weighted by molar-refractivity contribution is 0.826. The van der Waals surface area contributed by atoms with Crippen LogP contribution in [0, 0.1) is 12.8 Å². The van der Waals surface area contributed by atoms with Gasteiger partial charge in [0.25, 0.3) is 0 Å². The van der Waals surface area contributed by atoms with E-state index >= 15 is 0 Å². The largest absolute Gasteiger partial charge is 0.0840 e. The zero-order valence-electron chi connectivity index (χ0n) is 7.31. The molecule has 1 heteroatoms. The lowest BCUT2D eigenvalue weighted by Crippen LogP contribution is -1.91. The Balaban J connectivity index is 2.23. The van der Waals surface area contributed by atoms with Crippen molar-refractivity contribution < 1.29 is 0 Å². The highest BCUT2D eigenvalue weighted by atomic mass is 35.5. The van der Waals surface area contributed by atoms with Gasteiger partial charge in [0, 0.05) is 5.02 Å². The van der Waals surface area contributed by atoms with Crippen molar-refractivity contribution in [1.29, 1.82) is 0 Å². The van der Waals surface area contributed by atoms with Crippen LogP contribution >= 0.6 is 11.6 Å². The van der Waals surface area contributed by atoms with Crippen molar-refractivity contribution in [2.24, 2.45) is 5.92 Å². The summed E-state index contributed by atoms with van der Waals surface area (Å²) in [6.07, 6.45) is 4.05. The molecule has 0 heterocycles. The van der Waals surface area contributed by atoms with Gasteiger partial charge >= 0.3 is 0 Å². The molecule has 1 fully saturated rings. The molecule has 0 N–H and O–H groups in total. The van der Waals surface area contributed by atoms with E-state index in [1.54, 1.807) is 0 Å². The fourth-order valence-electron chi connectivity index (χ4n) is 1.51. The van der Waals surface area contributed by atoms with Gasteiger partial charge in [0.15, 0.2) is 0 Å². The van der Waals surface area contributed by atoms with Gasteiger partial charge in [-0.1, -0.05) is 23.7 Å². The Hall–Kier alpha value is -0.490. The quantitative estimate of drug-likeness (QED) is 0.653. The molecule has 64 valence electrons. The van der Waals surface area contributed by atoms with Crippen LogP contribution in [0.15, 0.2) is 18.2 Å². The van der Waals surface area contributed by atoms with Crippen LogP contribution in [0.1, 0.15) is 24.0 Å². The van der Waals surface area contributed by atoms with Crippen LogP contribution in [0.4, 0.5) is 0 Å². The number of benzene rings is 1. The van der Waals surface area contributed by atoms with Crippen LogP contribution in [0.2, 0.25) is 5.02 Å². The lowest BCUT2D eigenvalue weighted by atomic mass is 10.0. The molecule has 1 aromatic rings. The first kappa shape index (κ1) is 8.12. The second kappa shape index (κ2) is 3.10. The first-order valence-electron chi connectivity index (χ1n) is 4.51. The summed E-state index contributed by atoms with van der Waals surface area (Å²) in [5, 5.41) is 0.910. The molecule has 2 rings (SSSR count). The van der Waals surface area contributed by atoms with Crippen molar-refractivity contribution in [2.45, 2.75) is 26.2 Å². The van der Waals surface area contributed by atoms with Crippen LogP contribution in [-0.2, 0) is 6.42 Å². The fourth-order valence-corrected chi connectivity index (χ4v) is 1.70. The molecular weight excluding hydrogens is 168 g/mol. The molecular formula is C11H13Cl. The highest BCUT2D eigenvalue weighted by Gasteiger charge is 2.22. The van der Waals surface area contributed by atoms with Gasteiger partial charge in [-0.15, -0.1) is 0 Å². The molecule has 12 heavy (non-hydrogen) atoms.